The lowest BCUT2D eigenvalue weighted by atomic mass is 10.0. The average molecular weight is 1220 g/mol. The Morgan fingerprint density at radius 3 is 1.49 bits per heavy atom. The van der Waals surface area contributed by atoms with Gasteiger partial charge in [-0.15, -0.1) is 0 Å². The highest BCUT2D eigenvalue weighted by atomic mass is 16.4. The molecule has 480 valence electrons. The molecule has 0 fully saturated rings. The summed E-state index contributed by atoms with van der Waals surface area (Å²) in [6.45, 7) is 7.34. The molecule has 0 spiro atoms. The van der Waals surface area contributed by atoms with Crippen LogP contribution < -0.4 is 76.1 Å². The molecule has 11 atom stereocenters. The SMILES string of the molecule is CC(C)C[C@H](NC(=O)[C@@H](NC(=O)[C@@H](N)CC(C)C)[C@@H](C)O)C(=O)N[C@@H](CCCN=C(N)N)C(=O)N[C@@H](CCC(N)=O)C(=O)N[C@@H](C)C(=O)NCC(=O)N[C@@H](CC(=O)O)C(=O)N[C@@H](CC(=O)O)C(=O)N[C@@H](Cc1ccccc1)C(=O)N[C@@H](CO)C(=O)O. The molecular weight excluding hydrogens is 1140 g/mol. The number of nitrogens with two attached hydrogens (primary N) is 4. The fraction of sp³-hybridized carbons (Fsp3) is 0.596. The second-order valence-corrected chi connectivity index (χ2v) is 20.9. The third-order valence-corrected chi connectivity index (χ3v) is 12.3. The van der Waals surface area contributed by atoms with Crippen molar-refractivity contribution in [3.8, 4) is 0 Å². The summed E-state index contributed by atoms with van der Waals surface area (Å²) in [6, 6.07) is -8.44. The van der Waals surface area contributed by atoms with E-state index in [1.807, 2.05) is 29.8 Å². The third-order valence-electron chi connectivity index (χ3n) is 12.3. The lowest BCUT2D eigenvalue weighted by Gasteiger charge is -2.28. The standard InChI is InChI=1S/C52H83N15O19/c1-24(2)17-29(53)43(77)67-41(27(6)69)50(84)65-32(18-25(3)4)46(80)61-30(13-10-16-57-52(55)56)45(79)62-31(14-15-37(54)70)44(78)59-26(5)42(76)58-22-38(71)60-34(20-39(72)73)48(82)64-35(21-40(74)75)49(83)63-33(19-28-11-8-7-9-12-28)47(81)66-36(23-68)51(85)86/h7-9,11-12,24-27,29-36,41,68-69H,10,13-23,53H2,1-6H3,(H2,54,70)(H,58,76)(H,59,78)(H,60,71)(H,61,80)(H,62,79)(H,63,83)(H,64,82)(H,65,84)(H,66,81)(H,67,77)(H,72,73)(H,74,75)(H,85,86)(H4,55,56,57)/t26-,27+,29-,30-,31-,32-,33-,34-,35-,36-,41-/m0/s1. The Labute approximate surface area is 494 Å². The van der Waals surface area contributed by atoms with Gasteiger partial charge in [-0.05, 0) is 63.4 Å². The largest absolute Gasteiger partial charge is 0.481 e. The van der Waals surface area contributed by atoms with Gasteiger partial charge in [0.2, 0.25) is 65.0 Å². The molecule has 0 unspecified atom stereocenters. The normalized spacial score (nSPS) is 14.8. The smallest absolute Gasteiger partial charge is 0.328 e. The number of aliphatic imine (C=N–C) groups is 1. The van der Waals surface area contributed by atoms with Crippen molar-refractivity contribution >= 4 is 88.8 Å². The maximum atomic E-state index is 14.1. The molecule has 1 aromatic rings. The summed E-state index contributed by atoms with van der Waals surface area (Å²) in [5.41, 5.74) is 22.7. The van der Waals surface area contributed by atoms with Crippen molar-refractivity contribution in [3.63, 3.8) is 0 Å². The van der Waals surface area contributed by atoms with Gasteiger partial charge >= 0.3 is 17.9 Å². The molecule has 1 rings (SSSR count). The van der Waals surface area contributed by atoms with E-state index in [1.165, 1.54) is 19.1 Å². The van der Waals surface area contributed by atoms with Gasteiger partial charge in [0.25, 0.3) is 0 Å². The first-order valence-electron chi connectivity index (χ1n) is 27.2. The molecule has 0 aliphatic heterocycles. The number of benzene rings is 1. The highest BCUT2D eigenvalue weighted by molar-refractivity contribution is 5.99. The van der Waals surface area contributed by atoms with Gasteiger partial charge < -0.3 is 102 Å². The highest BCUT2D eigenvalue weighted by Gasteiger charge is 2.36. The Kier molecular flexibility index (Phi) is 33.1. The molecule has 0 aliphatic rings. The van der Waals surface area contributed by atoms with Crippen molar-refractivity contribution in [3.05, 3.63) is 35.9 Å². The van der Waals surface area contributed by atoms with Crippen molar-refractivity contribution in [2.45, 2.75) is 166 Å². The summed E-state index contributed by atoms with van der Waals surface area (Å²) in [4.78, 5) is 186. The molecular formula is C52H83N15O19. The number of aliphatic carboxylic acids is 3. The van der Waals surface area contributed by atoms with Crippen LogP contribution in [0, 0.1) is 11.8 Å². The minimum absolute atomic E-state index is 0.0129. The zero-order valence-electron chi connectivity index (χ0n) is 48.6. The Hall–Kier alpha value is -9.05. The van der Waals surface area contributed by atoms with Gasteiger partial charge in [-0.3, -0.25) is 67.3 Å². The molecule has 34 nitrogen and oxygen atoms in total. The molecule has 0 bridgehead atoms. The fourth-order valence-electron chi connectivity index (χ4n) is 7.89. The van der Waals surface area contributed by atoms with Gasteiger partial charge in [0, 0.05) is 19.4 Å². The third kappa shape index (κ3) is 29.5. The number of rotatable bonds is 40. The quantitative estimate of drug-likeness (QED) is 0.0165. The predicted molar refractivity (Wildman–Crippen MR) is 302 cm³/mol. The van der Waals surface area contributed by atoms with Crippen LogP contribution in [-0.4, -0.2) is 201 Å². The zero-order valence-corrected chi connectivity index (χ0v) is 48.6. The summed E-state index contributed by atoms with van der Waals surface area (Å²) in [5.74, 6) is -17.4. The van der Waals surface area contributed by atoms with Gasteiger partial charge in [0.05, 0.1) is 38.1 Å². The van der Waals surface area contributed by atoms with Crippen molar-refractivity contribution in [2.75, 3.05) is 19.7 Å². The number of guanidine groups is 1. The molecule has 1 aromatic carbocycles. The van der Waals surface area contributed by atoms with Crippen LogP contribution in [0.1, 0.15) is 98.5 Å². The number of aliphatic hydroxyl groups excluding tert-OH is 2. The number of hydrogen-bond acceptors (Lipinski definition) is 18. The first-order valence-corrected chi connectivity index (χ1v) is 27.2. The van der Waals surface area contributed by atoms with E-state index in [1.54, 1.807) is 32.0 Å². The van der Waals surface area contributed by atoms with E-state index in [2.05, 4.69) is 42.2 Å². The first kappa shape index (κ1) is 75.0. The highest BCUT2D eigenvalue weighted by Crippen LogP contribution is 2.12. The first-order chi connectivity index (χ1) is 40.1. The van der Waals surface area contributed by atoms with E-state index in [4.69, 9.17) is 22.9 Å². The summed E-state index contributed by atoms with van der Waals surface area (Å²) in [6.07, 6.45) is -5.03. The van der Waals surface area contributed by atoms with Crippen LogP contribution in [0.2, 0.25) is 0 Å². The molecule has 0 saturated heterocycles. The molecule has 0 aromatic heterocycles. The molecule has 34 heteroatoms. The van der Waals surface area contributed by atoms with Gasteiger partial charge in [-0.2, -0.15) is 0 Å². The fourth-order valence-corrected chi connectivity index (χ4v) is 7.89. The van der Waals surface area contributed by atoms with Crippen molar-refractivity contribution in [2.24, 2.45) is 39.8 Å². The molecule has 0 saturated carbocycles. The Morgan fingerprint density at radius 1 is 0.523 bits per heavy atom. The maximum Gasteiger partial charge on any atom is 0.328 e. The van der Waals surface area contributed by atoms with E-state index in [9.17, 15) is 92.7 Å². The number of carboxylic acids is 3. The van der Waals surface area contributed by atoms with Crippen LogP contribution in [0.5, 0.6) is 0 Å². The average Bonchev–Trinajstić information content (AvgIpc) is 3.25. The van der Waals surface area contributed by atoms with E-state index in [-0.39, 0.29) is 56.4 Å². The number of hydrogen-bond donors (Lipinski definition) is 19. The number of amides is 11. The summed E-state index contributed by atoms with van der Waals surface area (Å²) < 4.78 is 0. The van der Waals surface area contributed by atoms with E-state index in [0.29, 0.717) is 5.56 Å². The predicted octanol–water partition coefficient (Wildman–Crippen LogP) is -7.13. The second kappa shape index (κ2) is 38.0. The molecule has 86 heavy (non-hydrogen) atoms. The van der Waals surface area contributed by atoms with Crippen molar-refractivity contribution in [1.29, 1.82) is 0 Å². The zero-order chi connectivity index (χ0) is 65.5. The minimum atomic E-state index is -2.06. The Morgan fingerprint density at radius 2 is 0.988 bits per heavy atom. The minimum Gasteiger partial charge on any atom is -0.481 e. The second-order valence-electron chi connectivity index (χ2n) is 20.9. The van der Waals surface area contributed by atoms with Crippen molar-refractivity contribution < 1.29 is 92.7 Å². The number of aliphatic hydroxyl groups is 2. The molecule has 11 amide bonds. The van der Waals surface area contributed by atoms with Crippen LogP contribution in [0.3, 0.4) is 0 Å². The van der Waals surface area contributed by atoms with Crippen LogP contribution >= 0.6 is 0 Å². The number of primary amides is 1. The van der Waals surface area contributed by atoms with E-state index >= 15 is 0 Å². The van der Waals surface area contributed by atoms with Gasteiger partial charge in [-0.25, -0.2) is 4.79 Å². The van der Waals surface area contributed by atoms with Gasteiger partial charge in [-0.1, -0.05) is 58.0 Å². The van der Waals surface area contributed by atoms with E-state index in [0.717, 1.165) is 6.92 Å². The summed E-state index contributed by atoms with van der Waals surface area (Å²) >= 11 is 0. The molecule has 0 aliphatic carbocycles. The van der Waals surface area contributed by atoms with Crippen LogP contribution in [0.25, 0.3) is 0 Å². The van der Waals surface area contributed by atoms with Gasteiger partial charge in [0.15, 0.2) is 5.96 Å². The molecule has 0 radical (unpaired) electrons. The molecule has 0 heterocycles. The maximum absolute atomic E-state index is 14.1. The Bertz CT molecular complexity index is 2570. The van der Waals surface area contributed by atoms with Crippen LogP contribution in [0.4, 0.5) is 0 Å². The van der Waals surface area contributed by atoms with E-state index < -0.39 is 188 Å². The number of carbonyl (C=O) groups excluding carboxylic acids is 11. The van der Waals surface area contributed by atoms with Crippen LogP contribution in [0.15, 0.2) is 35.3 Å². The number of carbonyl (C=O) groups is 14. The Balaban J connectivity index is 3.33. The molecule has 23 N–H and O–H groups in total. The van der Waals surface area contributed by atoms with Crippen LogP contribution in [-0.2, 0) is 73.5 Å². The monoisotopic (exact) mass is 1220 g/mol. The van der Waals surface area contributed by atoms with Gasteiger partial charge in [0.1, 0.15) is 54.4 Å². The number of nitrogens with zero attached hydrogens (tertiary/aromatic N) is 1. The summed E-state index contributed by atoms with van der Waals surface area (Å²) in [5, 5.41) is 71.1. The number of nitrogens with one attached hydrogen (secondary N) is 10. The number of carboxylic acid groups (broad SMARTS) is 3. The lowest BCUT2D eigenvalue weighted by Crippen LogP contribution is -2.61. The lowest BCUT2D eigenvalue weighted by molar-refractivity contribution is -0.144. The van der Waals surface area contributed by atoms with Crippen molar-refractivity contribution in [1.82, 2.24) is 53.2 Å². The summed E-state index contributed by atoms with van der Waals surface area (Å²) in [7, 11) is 0. The topological polar surface area (TPSA) is 577 Å².